The summed E-state index contributed by atoms with van der Waals surface area (Å²) in [7, 11) is 0. The summed E-state index contributed by atoms with van der Waals surface area (Å²) < 4.78 is 0. The van der Waals surface area contributed by atoms with Gasteiger partial charge in [0.2, 0.25) is 0 Å². The predicted molar refractivity (Wildman–Crippen MR) is 66.2 cm³/mol. The normalized spacial score (nSPS) is 26.0. The van der Waals surface area contributed by atoms with Gasteiger partial charge in [-0.2, -0.15) is 0 Å². The lowest BCUT2D eigenvalue weighted by Gasteiger charge is -2.37. The molecular formula is C14H20O2. The molecule has 16 heavy (non-hydrogen) atoms. The van der Waals surface area contributed by atoms with Crippen LogP contribution in [0.1, 0.15) is 32.1 Å². The van der Waals surface area contributed by atoms with Crippen LogP contribution in [-0.4, -0.2) is 11.1 Å². The molecular weight excluding hydrogens is 200 g/mol. The largest absolute Gasteiger partial charge is 0.481 e. The van der Waals surface area contributed by atoms with E-state index in [9.17, 15) is 9.90 Å². The number of hydrogen-bond acceptors (Lipinski definition) is 1. The van der Waals surface area contributed by atoms with Gasteiger partial charge in [-0.1, -0.05) is 24.3 Å². The molecule has 0 heterocycles. The molecule has 1 rings (SSSR count). The molecule has 0 radical (unpaired) electrons. The van der Waals surface area contributed by atoms with Crippen molar-refractivity contribution >= 4 is 5.97 Å². The van der Waals surface area contributed by atoms with Gasteiger partial charge in [0.05, 0.1) is 5.92 Å². The van der Waals surface area contributed by atoms with Gasteiger partial charge in [-0.25, -0.2) is 0 Å². The third-order valence-corrected chi connectivity index (χ3v) is 3.38. The molecule has 2 atom stereocenters. The van der Waals surface area contributed by atoms with Gasteiger partial charge >= 0.3 is 5.97 Å². The Hall–Kier alpha value is -1.31. The molecule has 0 aliphatic heterocycles. The van der Waals surface area contributed by atoms with Gasteiger partial charge in [0.1, 0.15) is 0 Å². The molecule has 0 aromatic rings. The van der Waals surface area contributed by atoms with Crippen LogP contribution in [0, 0.1) is 11.3 Å². The first-order valence-corrected chi connectivity index (χ1v) is 5.78. The van der Waals surface area contributed by atoms with Gasteiger partial charge in [0.15, 0.2) is 0 Å². The lowest BCUT2D eigenvalue weighted by molar-refractivity contribution is -0.145. The Morgan fingerprint density at radius 1 is 1.50 bits per heavy atom. The van der Waals surface area contributed by atoms with E-state index in [0.717, 1.165) is 25.7 Å². The summed E-state index contributed by atoms with van der Waals surface area (Å²) in [5, 5.41) is 9.33. The standard InChI is InChI=1S/C14H20O2/c1-3-8-12(13(15)16)14(9-4-2)10-6-5-7-11-14/h3-4,6,10,12H,1-2,5,7-9,11H2,(H,15,16). The molecule has 0 fully saturated rings. The zero-order valence-corrected chi connectivity index (χ0v) is 9.69. The Morgan fingerprint density at radius 3 is 2.69 bits per heavy atom. The topological polar surface area (TPSA) is 37.3 Å². The second-order valence-corrected chi connectivity index (χ2v) is 4.44. The summed E-state index contributed by atoms with van der Waals surface area (Å²) >= 11 is 0. The maximum Gasteiger partial charge on any atom is 0.307 e. The van der Waals surface area contributed by atoms with E-state index in [-0.39, 0.29) is 11.3 Å². The number of carboxylic acids is 1. The fourth-order valence-corrected chi connectivity index (χ4v) is 2.57. The van der Waals surface area contributed by atoms with Crippen molar-refractivity contribution in [3.05, 3.63) is 37.5 Å². The van der Waals surface area contributed by atoms with Crippen molar-refractivity contribution in [1.29, 1.82) is 0 Å². The zero-order valence-electron chi connectivity index (χ0n) is 9.69. The van der Waals surface area contributed by atoms with Crippen LogP contribution in [0.15, 0.2) is 37.5 Å². The van der Waals surface area contributed by atoms with Crippen molar-refractivity contribution in [2.45, 2.75) is 32.1 Å². The molecule has 0 spiro atoms. The Kier molecular flexibility index (Phi) is 4.53. The van der Waals surface area contributed by atoms with Crippen LogP contribution in [0.2, 0.25) is 0 Å². The van der Waals surface area contributed by atoms with Gasteiger partial charge in [0.25, 0.3) is 0 Å². The molecule has 0 bridgehead atoms. The minimum atomic E-state index is -0.728. The Bertz CT molecular complexity index is 304. The lowest BCUT2D eigenvalue weighted by atomic mass is 9.66. The fraction of sp³-hybridized carbons (Fsp3) is 0.500. The first kappa shape index (κ1) is 12.8. The van der Waals surface area contributed by atoms with Crippen LogP contribution >= 0.6 is 0 Å². The smallest absolute Gasteiger partial charge is 0.307 e. The molecule has 0 saturated heterocycles. The summed E-state index contributed by atoms with van der Waals surface area (Å²) in [6.45, 7) is 7.40. The van der Waals surface area contributed by atoms with Gasteiger partial charge in [0, 0.05) is 5.41 Å². The molecule has 2 heteroatoms. The van der Waals surface area contributed by atoms with Gasteiger partial charge in [-0.15, -0.1) is 13.2 Å². The van der Waals surface area contributed by atoms with Crippen molar-refractivity contribution in [2.24, 2.45) is 11.3 Å². The maximum atomic E-state index is 11.4. The summed E-state index contributed by atoms with van der Waals surface area (Å²) in [4.78, 5) is 11.4. The van der Waals surface area contributed by atoms with Crippen LogP contribution in [0.5, 0.6) is 0 Å². The van der Waals surface area contributed by atoms with E-state index in [2.05, 4.69) is 25.3 Å². The first-order chi connectivity index (χ1) is 7.66. The molecule has 0 saturated carbocycles. The van der Waals surface area contributed by atoms with E-state index in [1.54, 1.807) is 6.08 Å². The van der Waals surface area contributed by atoms with Crippen LogP contribution in [0.4, 0.5) is 0 Å². The number of allylic oxidation sites excluding steroid dienone is 4. The Balaban J connectivity index is 3.00. The summed E-state index contributed by atoms with van der Waals surface area (Å²) in [6.07, 6.45) is 12.0. The quantitative estimate of drug-likeness (QED) is 0.695. The average Bonchev–Trinajstić information content (AvgIpc) is 2.27. The summed E-state index contributed by atoms with van der Waals surface area (Å²) in [6, 6.07) is 0. The SMILES string of the molecule is C=CCC(C(=O)O)C1(CC=C)C=CCCC1. The fourth-order valence-electron chi connectivity index (χ4n) is 2.57. The van der Waals surface area contributed by atoms with E-state index in [1.807, 2.05) is 6.08 Å². The predicted octanol–water partition coefficient (Wildman–Crippen LogP) is 3.57. The number of aliphatic carboxylic acids is 1. The van der Waals surface area contributed by atoms with E-state index >= 15 is 0 Å². The van der Waals surface area contributed by atoms with Crippen molar-refractivity contribution in [3.8, 4) is 0 Å². The second kappa shape index (κ2) is 5.69. The highest BCUT2D eigenvalue weighted by Crippen LogP contribution is 2.43. The van der Waals surface area contributed by atoms with Gasteiger partial charge in [-0.05, 0) is 32.1 Å². The highest BCUT2D eigenvalue weighted by molar-refractivity contribution is 5.72. The molecule has 1 N–H and O–H groups in total. The average molecular weight is 220 g/mol. The second-order valence-electron chi connectivity index (χ2n) is 4.44. The van der Waals surface area contributed by atoms with E-state index < -0.39 is 5.97 Å². The van der Waals surface area contributed by atoms with Crippen molar-refractivity contribution in [1.82, 2.24) is 0 Å². The third-order valence-electron chi connectivity index (χ3n) is 3.38. The lowest BCUT2D eigenvalue weighted by Crippen LogP contribution is -2.35. The monoisotopic (exact) mass is 220 g/mol. The van der Waals surface area contributed by atoms with Gasteiger partial charge < -0.3 is 5.11 Å². The van der Waals surface area contributed by atoms with Crippen LogP contribution in [0.3, 0.4) is 0 Å². The van der Waals surface area contributed by atoms with Crippen molar-refractivity contribution in [2.75, 3.05) is 0 Å². The highest BCUT2D eigenvalue weighted by atomic mass is 16.4. The van der Waals surface area contributed by atoms with E-state index in [0.29, 0.717) is 6.42 Å². The molecule has 0 amide bonds. The number of rotatable bonds is 6. The van der Waals surface area contributed by atoms with Crippen LogP contribution in [-0.2, 0) is 4.79 Å². The molecule has 1 aliphatic carbocycles. The number of hydrogen-bond donors (Lipinski definition) is 1. The molecule has 1 aliphatic rings. The third kappa shape index (κ3) is 2.63. The number of carbonyl (C=O) groups is 1. The van der Waals surface area contributed by atoms with Crippen LogP contribution < -0.4 is 0 Å². The van der Waals surface area contributed by atoms with E-state index in [4.69, 9.17) is 0 Å². The first-order valence-electron chi connectivity index (χ1n) is 5.78. The van der Waals surface area contributed by atoms with Crippen molar-refractivity contribution < 1.29 is 9.90 Å². The Labute approximate surface area is 97.4 Å². The Morgan fingerprint density at radius 2 is 2.25 bits per heavy atom. The van der Waals surface area contributed by atoms with Gasteiger partial charge in [-0.3, -0.25) is 4.79 Å². The minimum absolute atomic E-state index is 0.250. The maximum absolute atomic E-state index is 11.4. The minimum Gasteiger partial charge on any atom is -0.481 e. The number of carboxylic acid groups (broad SMARTS) is 1. The summed E-state index contributed by atoms with van der Waals surface area (Å²) in [5.74, 6) is -1.10. The molecule has 2 nitrogen and oxygen atoms in total. The van der Waals surface area contributed by atoms with E-state index in [1.165, 1.54) is 0 Å². The molecule has 0 aromatic heterocycles. The molecule has 0 aromatic carbocycles. The molecule has 88 valence electrons. The van der Waals surface area contributed by atoms with Crippen molar-refractivity contribution in [3.63, 3.8) is 0 Å². The molecule has 2 unspecified atom stereocenters. The highest BCUT2D eigenvalue weighted by Gasteiger charge is 2.39. The summed E-state index contributed by atoms with van der Waals surface area (Å²) in [5.41, 5.74) is -0.250. The zero-order chi connectivity index (χ0) is 12.0. The van der Waals surface area contributed by atoms with Crippen LogP contribution in [0.25, 0.3) is 0 Å².